The van der Waals surface area contributed by atoms with Gasteiger partial charge < -0.3 is 4.98 Å². The molecule has 0 saturated carbocycles. The molecule has 0 aliphatic rings. The highest BCUT2D eigenvalue weighted by Crippen LogP contribution is 2.24. The molecule has 0 atom stereocenters. The van der Waals surface area contributed by atoms with Gasteiger partial charge in [-0.15, -0.1) is 5.10 Å². The van der Waals surface area contributed by atoms with Gasteiger partial charge in [-0.2, -0.15) is 0 Å². The minimum Gasteiger partial charge on any atom is -0.328 e. The molecule has 0 radical (unpaired) electrons. The highest BCUT2D eigenvalue weighted by atomic mass is 16.1. The lowest BCUT2D eigenvalue weighted by Crippen LogP contribution is -2.10. The van der Waals surface area contributed by atoms with Gasteiger partial charge in [0.25, 0.3) is 5.56 Å². The maximum atomic E-state index is 12.0. The molecule has 0 spiro atoms. The third-order valence-corrected chi connectivity index (χ3v) is 2.57. The monoisotopic (exact) mass is 239 g/mol. The van der Waals surface area contributed by atoms with Gasteiger partial charge >= 0.3 is 0 Å². The predicted molar refractivity (Wildman–Crippen MR) is 65.7 cm³/mol. The molecular weight excluding hydrogens is 230 g/mol. The smallest absolute Gasteiger partial charge is 0.258 e. The third-order valence-electron chi connectivity index (χ3n) is 2.57. The van der Waals surface area contributed by atoms with Crippen LogP contribution >= 0.6 is 0 Å². The first-order chi connectivity index (χ1) is 8.86. The molecule has 0 aromatic carbocycles. The summed E-state index contributed by atoms with van der Waals surface area (Å²) < 4.78 is 0. The molecule has 2 N–H and O–H groups in total. The minimum atomic E-state index is -0.200. The minimum absolute atomic E-state index is 0.200. The van der Waals surface area contributed by atoms with Crippen molar-refractivity contribution in [3.8, 4) is 22.5 Å². The van der Waals surface area contributed by atoms with Crippen LogP contribution in [0.4, 0.5) is 0 Å². The topological polar surface area (TPSA) is 87.3 Å². The summed E-state index contributed by atoms with van der Waals surface area (Å²) in [7, 11) is 0. The number of hydrogen-bond acceptors (Lipinski definition) is 4. The second kappa shape index (κ2) is 4.25. The Balaban J connectivity index is 2.29. The van der Waals surface area contributed by atoms with Crippen LogP contribution in [0.1, 0.15) is 0 Å². The first kappa shape index (κ1) is 10.4. The highest BCUT2D eigenvalue weighted by molar-refractivity contribution is 5.78. The standard InChI is InChI=1S/C12H9N5O/c18-12-11(9-3-1-2-5-13-9)8(4-6-14-12)10-7-15-17-16-10/h1-7H,(H,14,18)(H,15,16,17). The fourth-order valence-electron chi connectivity index (χ4n) is 1.79. The van der Waals surface area contributed by atoms with Gasteiger partial charge in [-0.3, -0.25) is 14.9 Å². The van der Waals surface area contributed by atoms with E-state index < -0.39 is 0 Å². The first-order valence-corrected chi connectivity index (χ1v) is 5.36. The van der Waals surface area contributed by atoms with Crippen LogP contribution in [0, 0.1) is 0 Å². The van der Waals surface area contributed by atoms with Crippen molar-refractivity contribution in [3.63, 3.8) is 0 Å². The zero-order valence-electron chi connectivity index (χ0n) is 9.29. The van der Waals surface area contributed by atoms with Gasteiger partial charge in [-0.05, 0) is 18.2 Å². The van der Waals surface area contributed by atoms with Crippen molar-refractivity contribution in [1.82, 2.24) is 25.4 Å². The van der Waals surface area contributed by atoms with Crippen molar-refractivity contribution >= 4 is 0 Å². The molecule has 6 heteroatoms. The molecule has 0 aliphatic carbocycles. The molecule has 3 aromatic rings. The molecule has 3 rings (SSSR count). The van der Waals surface area contributed by atoms with Crippen LogP contribution in [-0.2, 0) is 0 Å². The molecule has 0 saturated heterocycles. The van der Waals surface area contributed by atoms with Crippen molar-refractivity contribution in [3.05, 3.63) is 53.2 Å². The van der Waals surface area contributed by atoms with Crippen molar-refractivity contribution in [2.75, 3.05) is 0 Å². The van der Waals surface area contributed by atoms with Crippen LogP contribution in [0.5, 0.6) is 0 Å². The maximum absolute atomic E-state index is 12.0. The molecule has 88 valence electrons. The summed E-state index contributed by atoms with van der Waals surface area (Å²) in [5.41, 5.74) is 2.21. The SMILES string of the molecule is O=c1[nH]ccc(-c2c[nH]nn2)c1-c1ccccn1. The molecule has 3 aromatic heterocycles. The van der Waals surface area contributed by atoms with E-state index in [1.807, 2.05) is 6.07 Å². The molecule has 0 unspecified atom stereocenters. The van der Waals surface area contributed by atoms with E-state index in [0.717, 1.165) is 0 Å². The molecule has 0 aliphatic heterocycles. The summed E-state index contributed by atoms with van der Waals surface area (Å²) in [5, 5.41) is 10.2. The van der Waals surface area contributed by atoms with Crippen LogP contribution in [0.15, 0.2) is 47.7 Å². The van der Waals surface area contributed by atoms with E-state index in [2.05, 4.69) is 25.4 Å². The summed E-state index contributed by atoms with van der Waals surface area (Å²) >= 11 is 0. The average Bonchev–Trinajstić information content (AvgIpc) is 2.93. The van der Waals surface area contributed by atoms with Gasteiger partial charge in [0.05, 0.1) is 17.5 Å². The van der Waals surface area contributed by atoms with Crippen molar-refractivity contribution < 1.29 is 0 Å². The Kier molecular flexibility index (Phi) is 2.45. The van der Waals surface area contributed by atoms with Crippen LogP contribution in [0.3, 0.4) is 0 Å². The largest absolute Gasteiger partial charge is 0.328 e. The van der Waals surface area contributed by atoms with Crippen molar-refractivity contribution in [2.24, 2.45) is 0 Å². The zero-order valence-corrected chi connectivity index (χ0v) is 9.29. The highest BCUT2D eigenvalue weighted by Gasteiger charge is 2.13. The van der Waals surface area contributed by atoms with E-state index >= 15 is 0 Å². The fraction of sp³-hybridized carbons (Fsp3) is 0. The number of H-pyrrole nitrogens is 2. The van der Waals surface area contributed by atoms with Crippen molar-refractivity contribution in [1.29, 1.82) is 0 Å². The summed E-state index contributed by atoms with van der Waals surface area (Å²) in [4.78, 5) is 18.8. The van der Waals surface area contributed by atoms with Crippen LogP contribution in [0.2, 0.25) is 0 Å². The maximum Gasteiger partial charge on any atom is 0.258 e. The van der Waals surface area contributed by atoms with Crippen LogP contribution < -0.4 is 5.56 Å². The molecule has 0 bridgehead atoms. The van der Waals surface area contributed by atoms with Crippen LogP contribution in [-0.4, -0.2) is 25.4 Å². The number of aromatic amines is 2. The molecule has 3 heterocycles. The Morgan fingerprint density at radius 2 is 2.06 bits per heavy atom. The van der Waals surface area contributed by atoms with Gasteiger partial charge in [-0.1, -0.05) is 11.3 Å². The normalized spacial score (nSPS) is 10.4. The first-order valence-electron chi connectivity index (χ1n) is 5.36. The Bertz CT molecular complexity index is 703. The quantitative estimate of drug-likeness (QED) is 0.703. The summed E-state index contributed by atoms with van der Waals surface area (Å²) in [6.45, 7) is 0. The van der Waals surface area contributed by atoms with E-state index in [1.54, 1.807) is 36.8 Å². The van der Waals surface area contributed by atoms with E-state index in [-0.39, 0.29) is 5.56 Å². The average molecular weight is 239 g/mol. The van der Waals surface area contributed by atoms with E-state index in [9.17, 15) is 4.79 Å². The predicted octanol–water partition coefficient (Wildman–Crippen LogP) is 1.22. The number of aromatic nitrogens is 5. The zero-order chi connectivity index (χ0) is 12.4. The molecule has 0 amide bonds. The summed E-state index contributed by atoms with van der Waals surface area (Å²) in [6.07, 6.45) is 4.87. The van der Waals surface area contributed by atoms with Gasteiger partial charge in [0.2, 0.25) is 0 Å². The van der Waals surface area contributed by atoms with E-state index in [0.29, 0.717) is 22.5 Å². The second-order valence-electron chi connectivity index (χ2n) is 3.67. The van der Waals surface area contributed by atoms with Gasteiger partial charge in [0, 0.05) is 18.0 Å². The third kappa shape index (κ3) is 1.69. The number of pyridine rings is 2. The summed E-state index contributed by atoms with van der Waals surface area (Å²) in [5.74, 6) is 0. The van der Waals surface area contributed by atoms with Gasteiger partial charge in [-0.25, -0.2) is 0 Å². The van der Waals surface area contributed by atoms with Gasteiger partial charge in [0.1, 0.15) is 5.69 Å². The molecule has 18 heavy (non-hydrogen) atoms. The number of nitrogens with zero attached hydrogens (tertiary/aromatic N) is 3. The molecular formula is C12H9N5O. The Morgan fingerprint density at radius 1 is 1.11 bits per heavy atom. The summed E-state index contributed by atoms with van der Waals surface area (Å²) in [6, 6.07) is 7.20. The number of rotatable bonds is 2. The lowest BCUT2D eigenvalue weighted by molar-refractivity contribution is 0.942. The molecule has 0 fully saturated rings. The van der Waals surface area contributed by atoms with Crippen LogP contribution in [0.25, 0.3) is 22.5 Å². The Labute approximate surface area is 102 Å². The Hall–Kier alpha value is -2.76. The van der Waals surface area contributed by atoms with Gasteiger partial charge in [0.15, 0.2) is 0 Å². The van der Waals surface area contributed by atoms with E-state index in [1.165, 1.54) is 0 Å². The second-order valence-corrected chi connectivity index (χ2v) is 3.67. The lowest BCUT2D eigenvalue weighted by atomic mass is 10.0. The Morgan fingerprint density at radius 3 is 2.78 bits per heavy atom. The number of hydrogen-bond donors (Lipinski definition) is 2. The fourth-order valence-corrected chi connectivity index (χ4v) is 1.79. The number of nitrogens with one attached hydrogen (secondary N) is 2. The van der Waals surface area contributed by atoms with Crippen molar-refractivity contribution in [2.45, 2.75) is 0 Å². The van der Waals surface area contributed by atoms with E-state index in [4.69, 9.17) is 0 Å². The molecule has 6 nitrogen and oxygen atoms in total. The lowest BCUT2D eigenvalue weighted by Gasteiger charge is -2.04.